The van der Waals surface area contributed by atoms with Crippen LogP contribution in [-0.4, -0.2) is 34.4 Å². The lowest BCUT2D eigenvalue weighted by atomic mass is 10.1. The molecule has 0 atom stereocenters. The van der Waals surface area contributed by atoms with E-state index in [2.05, 4.69) is 15.6 Å². The fourth-order valence-corrected chi connectivity index (χ4v) is 2.24. The molecule has 1 aromatic heterocycles. The molecule has 0 bridgehead atoms. The second-order valence-electron chi connectivity index (χ2n) is 5.71. The van der Waals surface area contributed by atoms with Crippen LogP contribution in [0.25, 0.3) is 0 Å². The van der Waals surface area contributed by atoms with E-state index in [9.17, 15) is 19.7 Å². The maximum absolute atomic E-state index is 12.2. The third-order valence-electron chi connectivity index (χ3n) is 3.64. The average Bonchev–Trinajstić information content (AvgIpc) is 3.44. The number of carbonyl (C=O) groups excluding carboxylic acids is 2. The van der Waals surface area contributed by atoms with Gasteiger partial charge in [-0.2, -0.15) is 0 Å². The molecule has 9 heteroatoms. The van der Waals surface area contributed by atoms with E-state index in [1.54, 1.807) is 24.3 Å². The van der Waals surface area contributed by atoms with E-state index in [1.165, 1.54) is 18.3 Å². The molecule has 134 valence electrons. The van der Waals surface area contributed by atoms with Gasteiger partial charge in [-0.15, -0.1) is 0 Å². The molecular weight excluding hydrogens is 340 g/mol. The van der Waals surface area contributed by atoms with E-state index in [1.807, 2.05) is 0 Å². The Morgan fingerprint density at radius 2 is 2.00 bits per heavy atom. The van der Waals surface area contributed by atoms with E-state index >= 15 is 0 Å². The minimum Gasteiger partial charge on any atom is -0.476 e. The zero-order valence-electron chi connectivity index (χ0n) is 13.7. The van der Waals surface area contributed by atoms with Crippen molar-refractivity contribution in [2.45, 2.75) is 18.9 Å². The van der Waals surface area contributed by atoms with Crippen LogP contribution < -0.4 is 15.4 Å². The quantitative estimate of drug-likeness (QED) is 0.577. The number of nitro groups is 1. The number of nitrogens with zero attached hydrogens (tertiary/aromatic N) is 2. The minimum absolute atomic E-state index is 0.104. The predicted octanol–water partition coefficient (Wildman–Crippen LogP) is 1.90. The molecule has 0 radical (unpaired) electrons. The van der Waals surface area contributed by atoms with Gasteiger partial charge in [0.15, 0.2) is 6.61 Å². The second-order valence-corrected chi connectivity index (χ2v) is 5.71. The lowest BCUT2D eigenvalue weighted by Crippen LogP contribution is -2.28. The van der Waals surface area contributed by atoms with Crippen LogP contribution in [0.5, 0.6) is 5.75 Å². The van der Waals surface area contributed by atoms with Crippen LogP contribution in [0.2, 0.25) is 0 Å². The summed E-state index contributed by atoms with van der Waals surface area (Å²) in [6.07, 6.45) is 3.18. The van der Waals surface area contributed by atoms with Gasteiger partial charge in [-0.1, -0.05) is 12.1 Å². The number of aromatic nitrogens is 1. The summed E-state index contributed by atoms with van der Waals surface area (Å²) < 4.78 is 5.19. The zero-order chi connectivity index (χ0) is 18.5. The second kappa shape index (κ2) is 7.60. The largest absolute Gasteiger partial charge is 0.476 e. The first-order valence-electron chi connectivity index (χ1n) is 7.96. The topological polar surface area (TPSA) is 123 Å². The van der Waals surface area contributed by atoms with Gasteiger partial charge >= 0.3 is 5.82 Å². The number of carbonyl (C=O) groups is 2. The number of nitrogens with one attached hydrogen (secondary N) is 2. The first-order chi connectivity index (χ1) is 12.5. The summed E-state index contributed by atoms with van der Waals surface area (Å²) in [5.41, 5.74) is 0.694. The van der Waals surface area contributed by atoms with Gasteiger partial charge in [0.1, 0.15) is 6.20 Å². The number of para-hydroxylation sites is 1. The van der Waals surface area contributed by atoms with Crippen LogP contribution in [0.1, 0.15) is 23.2 Å². The molecule has 2 amide bonds. The van der Waals surface area contributed by atoms with Crippen molar-refractivity contribution in [3.8, 4) is 5.75 Å². The van der Waals surface area contributed by atoms with Crippen molar-refractivity contribution in [3.05, 3.63) is 58.3 Å². The van der Waals surface area contributed by atoms with E-state index in [0.29, 0.717) is 11.3 Å². The number of rotatable bonds is 7. The molecule has 1 saturated carbocycles. The zero-order valence-corrected chi connectivity index (χ0v) is 13.7. The Balaban J connectivity index is 1.64. The summed E-state index contributed by atoms with van der Waals surface area (Å²) in [6, 6.07) is 9.63. The molecule has 1 fully saturated rings. The highest BCUT2D eigenvalue weighted by molar-refractivity contribution is 6.04. The minimum atomic E-state index is -0.690. The fraction of sp³-hybridized carbons (Fsp3) is 0.235. The van der Waals surface area contributed by atoms with Gasteiger partial charge in [-0.3, -0.25) is 9.59 Å². The maximum atomic E-state index is 12.2. The molecule has 9 nitrogen and oxygen atoms in total. The molecule has 1 aliphatic rings. The summed E-state index contributed by atoms with van der Waals surface area (Å²) in [4.78, 5) is 38.1. The number of amides is 2. The SMILES string of the molecule is O=C(COc1cccnc1[N+](=O)[O-])Nc1ccccc1C(=O)NC1CC1. The van der Waals surface area contributed by atoms with Crippen molar-refractivity contribution in [3.63, 3.8) is 0 Å². The van der Waals surface area contributed by atoms with Gasteiger partial charge in [0.2, 0.25) is 5.75 Å². The Kier molecular flexibility index (Phi) is 5.07. The number of hydrogen-bond acceptors (Lipinski definition) is 6. The summed E-state index contributed by atoms with van der Waals surface area (Å²) in [5, 5.41) is 16.3. The predicted molar refractivity (Wildman–Crippen MR) is 91.9 cm³/mol. The van der Waals surface area contributed by atoms with E-state index in [4.69, 9.17) is 4.74 Å². The molecule has 2 aromatic rings. The molecule has 0 saturated heterocycles. The summed E-state index contributed by atoms with van der Waals surface area (Å²) >= 11 is 0. The molecule has 0 aliphatic heterocycles. The van der Waals surface area contributed by atoms with Crippen LogP contribution in [-0.2, 0) is 4.79 Å². The highest BCUT2D eigenvalue weighted by atomic mass is 16.6. The molecule has 1 aliphatic carbocycles. The number of ether oxygens (including phenoxy) is 1. The first-order valence-corrected chi connectivity index (χ1v) is 7.96. The Hall–Kier alpha value is -3.49. The molecule has 2 N–H and O–H groups in total. The smallest absolute Gasteiger partial charge is 0.406 e. The van der Waals surface area contributed by atoms with Gasteiger partial charge in [0.25, 0.3) is 11.8 Å². The summed E-state index contributed by atoms with van der Waals surface area (Å²) in [7, 11) is 0. The van der Waals surface area contributed by atoms with E-state index in [0.717, 1.165) is 12.8 Å². The Morgan fingerprint density at radius 1 is 1.23 bits per heavy atom. The third kappa shape index (κ3) is 4.32. The van der Waals surface area contributed by atoms with Gasteiger partial charge in [-0.05, 0) is 47.0 Å². The number of hydrogen-bond donors (Lipinski definition) is 2. The average molecular weight is 356 g/mol. The van der Waals surface area contributed by atoms with Gasteiger partial charge in [0, 0.05) is 6.04 Å². The summed E-state index contributed by atoms with van der Waals surface area (Å²) in [6.45, 7) is -0.453. The Labute approximate surface area is 148 Å². The number of benzene rings is 1. The number of pyridine rings is 1. The van der Waals surface area contributed by atoms with Crippen LogP contribution in [0.4, 0.5) is 11.5 Å². The molecule has 1 aromatic carbocycles. The van der Waals surface area contributed by atoms with Crippen LogP contribution in [0.15, 0.2) is 42.6 Å². The highest BCUT2D eigenvalue weighted by Crippen LogP contribution is 2.23. The van der Waals surface area contributed by atoms with Crippen molar-refractivity contribution in [2.75, 3.05) is 11.9 Å². The molecular formula is C17H16N4O5. The fourth-order valence-electron chi connectivity index (χ4n) is 2.24. The van der Waals surface area contributed by atoms with Crippen molar-refractivity contribution >= 4 is 23.3 Å². The molecule has 3 rings (SSSR count). The normalized spacial score (nSPS) is 12.9. The Morgan fingerprint density at radius 3 is 2.73 bits per heavy atom. The van der Waals surface area contributed by atoms with Crippen molar-refractivity contribution < 1.29 is 19.2 Å². The third-order valence-corrected chi connectivity index (χ3v) is 3.64. The molecule has 0 unspecified atom stereocenters. The van der Waals surface area contributed by atoms with Crippen LogP contribution in [0, 0.1) is 10.1 Å². The Bertz CT molecular complexity index is 851. The standard InChI is InChI=1S/C17H16N4O5/c22-15(10-26-14-6-3-9-18-16(14)21(24)25)20-13-5-2-1-4-12(13)17(23)19-11-7-8-11/h1-6,9,11H,7-8,10H2,(H,19,23)(H,20,22). The lowest BCUT2D eigenvalue weighted by molar-refractivity contribution is -0.390. The van der Waals surface area contributed by atoms with E-state index in [-0.39, 0.29) is 17.7 Å². The van der Waals surface area contributed by atoms with E-state index < -0.39 is 23.3 Å². The van der Waals surface area contributed by atoms with Gasteiger partial charge in [-0.25, -0.2) is 0 Å². The molecule has 0 spiro atoms. The van der Waals surface area contributed by atoms with Crippen molar-refractivity contribution in [1.82, 2.24) is 10.3 Å². The van der Waals surface area contributed by atoms with Crippen LogP contribution in [0.3, 0.4) is 0 Å². The molecule has 26 heavy (non-hydrogen) atoms. The molecule has 1 heterocycles. The van der Waals surface area contributed by atoms with Crippen LogP contribution >= 0.6 is 0 Å². The number of anilines is 1. The van der Waals surface area contributed by atoms with Crippen molar-refractivity contribution in [2.24, 2.45) is 0 Å². The first kappa shape index (κ1) is 17.3. The maximum Gasteiger partial charge on any atom is 0.406 e. The van der Waals surface area contributed by atoms with Gasteiger partial charge < -0.3 is 25.5 Å². The summed E-state index contributed by atoms with van der Waals surface area (Å²) in [5.74, 6) is -1.38. The van der Waals surface area contributed by atoms with Crippen molar-refractivity contribution in [1.29, 1.82) is 0 Å². The lowest BCUT2D eigenvalue weighted by Gasteiger charge is -2.11. The van der Waals surface area contributed by atoms with Gasteiger partial charge in [0.05, 0.1) is 11.3 Å². The highest BCUT2D eigenvalue weighted by Gasteiger charge is 2.25. The monoisotopic (exact) mass is 356 g/mol.